The Morgan fingerprint density at radius 1 is 1.78 bits per heavy atom. The smallest absolute Gasteiger partial charge is 0.324 e. The highest BCUT2D eigenvalue weighted by Crippen LogP contribution is 1.92. The fourth-order valence-electron chi connectivity index (χ4n) is 0.331. The first-order valence-electron chi connectivity index (χ1n) is 2.55. The Hall–Kier alpha value is -0.420. The van der Waals surface area contributed by atoms with E-state index in [-0.39, 0.29) is 6.61 Å². The maximum Gasteiger partial charge on any atom is 0.324 e. The average molecular weight is 150 g/mol. The van der Waals surface area contributed by atoms with E-state index >= 15 is 0 Å². The molecule has 0 saturated heterocycles. The minimum Gasteiger partial charge on any atom is -0.396 e. The molecule has 0 unspecified atom stereocenters. The van der Waals surface area contributed by atoms with Crippen LogP contribution in [0.5, 0.6) is 0 Å². The summed E-state index contributed by atoms with van der Waals surface area (Å²) in [6.45, 7) is 0.430. The summed E-state index contributed by atoms with van der Waals surface area (Å²) in [4.78, 5) is 10.2. The van der Waals surface area contributed by atoms with Crippen LogP contribution >= 0.6 is 12.8 Å². The summed E-state index contributed by atoms with van der Waals surface area (Å²) in [5.74, 6) is 0. The summed E-state index contributed by atoms with van der Waals surface area (Å²) in [5, 5.41) is 8.28. The van der Waals surface area contributed by atoms with E-state index in [4.69, 9.17) is 10.8 Å². The molecule has 0 bridgehead atoms. The van der Waals surface area contributed by atoms with Gasteiger partial charge in [-0.2, -0.15) is 0 Å². The largest absolute Gasteiger partial charge is 0.396 e. The quantitative estimate of drug-likeness (QED) is 0.479. The van der Waals surface area contributed by atoms with Crippen LogP contribution in [0.2, 0.25) is 0 Å². The zero-order chi connectivity index (χ0) is 7.28. The van der Waals surface area contributed by atoms with Gasteiger partial charge in [0.15, 0.2) is 0 Å². The van der Waals surface area contributed by atoms with Gasteiger partial charge in [-0.1, -0.05) is 12.8 Å². The Morgan fingerprint density at radius 2 is 2.33 bits per heavy atom. The minimum atomic E-state index is -0.591. The fourth-order valence-corrected chi connectivity index (χ4v) is 0.472. The highest BCUT2D eigenvalue weighted by atomic mass is 32.1. The highest BCUT2D eigenvalue weighted by Gasteiger charge is 2.00. The second-order valence-corrected chi connectivity index (χ2v) is 2.02. The molecule has 0 aromatic heterocycles. The lowest BCUT2D eigenvalue weighted by Crippen LogP contribution is -2.28. The number of aliphatic hydroxyl groups excluding tert-OH is 1. The third-order valence-corrected chi connectivity index (χ3v) is 1.18. The van der Waals surface area contributed by atoms with Crippen LogP contribution in [0.4, 0.5) is 4.79 Å². The van der Waals surface area contributed by atoms with E-state index in [1.165, 1.54) is 0 Å². The summed E-state index contributed by atoms with van der Waals surface area (Å²) in [5.41, 5.74) is 4.81. The van der Waals surface area contributed by atoms with Gasteiger partial charge in [-0.25, -0.2) is 4.79 Å². The number of hydrogen-bond acceptors (Lipinski definition) is 3. The number of urea groups is 1. The lowest BCUT2D eigenvalue weighted by Gasteiger charge is -2.09. The molecule has 0 atom stereocenters. The summed E-state index contributed by atoms with van der Waals surface area (Å²) >= 11 is 3.71. The van der Waals surface area contributed by atoms with Crippen molar-refractivity contribution in [3.63, 3.8) is 0 Å². The molecule has 0 radical (unpaired) electrons. The van der Waals surface area contributed by atoms with Crippen molar-refractivity contribution in [1.29, 1.82) is 0 Å². The minimum absolute atomic E-state index is 0.0460. The van der Waals surface area contributed by atoms with E-state index in [0.29, 0.717) is 13.0 Å². The van der Waals surface area contributed by atoms with Gasteiger partial charge in [0, 0.05) is 13.2 Å². The van der Waals surface area contributed by atoms with Gasteiger partial charge >= 0.3 is 6.03 Å². The third kappa shape index (κ3) is 4.11. The van der Waals surface area contributed by atoms with E-state index in [1.54, 1.807) is 0 Å². The molecule has 5 heteroatoms. The summed E-state index contributed by atoms with van der Waals surface area (Å²) < 4.78 is 1.05. The van der Waals surface area contributed by atoms with Gasteiger partial charge in [-0.05, 0) is 6.42 Å². The van der Waals surface area contributed by atoms with Gasteiger partial charge in [0.1, 0.15) is 0 Å². The van der Waals surface area contributed by atoms with Crippen molar-refractivity contribution >= 4 is 18.8 Å². The van der Waals surface area contributed by atoms with E-state index < -0.39 is 6.03 Å². The lowest BCUT2D eigenvalue weighted by molar-refractivity contribution is 0.229. The molecule has 0 aromatic carbocycles. The molecular weight excluding hydrogens is 140 g/mol. The molecule has 0 aliphatic rings. The summed E-state index contributed by atoms with van der Waals surface area (Å²) in [6, 6.07) is -0.591. The number of rotatable bonds is 3. The van der Waals surface area contributed by atoms with Crippen molar-refractivity contribution in [2.24, 2.45) is 5.73 Å². The maximum absolute atomic E-state index is 10.2. The molecule has 0 aliphatic heterocycles. The Bertz CT molecular complexity index is 98.6. The van der Waals surface area contributed by atoms with Crippen molar-refractivity contribution in [3.05, 3.63) is 0 Å². The maximum atomic E-state index is 10.2. The van der Waals surface area contributed by atoms with Crippen LogP contribution in [-0.2, 0) is 0 Å². The van der Waals surface area contributed by atoms with E-state index in [1.807, 2.05) is 0 Å². The first-order valence-corrected chi connectivity index (χ1v) is 2.95. The Balaban J connectivity index is 3.27. The predicted molar refractivity (Wildman–Crippen MR) is 37.0 cm³/mol. The molecule has 0 saturated carbocycles. The van der Waals surface area contributed by atoms with Gasteiger partial charge in [0.25, 0.3) is 0 Å². The van der Waals surface area contributed by atoms with Crippen LogP contribution in [0.15, 0.2) is 0 Å². The monoisotopic (exact) mass is 150 g/mol. The van der Waals surface area contributed by atoms with Crippen LogP contribution in [0, 0.1) is 0 Å². The second kappa shape index (κ2) is 4.46. The Morgan fingerprint density at radius 3 is 2.67 bits per heavy atom. The molecule has 0 fully saturated rings. The van der Waals surface area contributed by atoms with Crippen LogP contribution < -0.4 is 5.73 Å². The van der Waals surface area contributed by atoms with Gasteiger partial charge in [-0.15, -0.1) is 0 Å². The molecule has 2 amide bonds. The lowest BCUT2D eigenvalue weighted by atomic mass is 10.4. The third-order valence-electron chi connectivity index (χ3n) is 0.782. The van der Waals surface area contributed by atoms with Gasteiger partial charge in [0.05, 0.1) is 0 Å². The number of nitrogens with zero attached hydrogens (tertiary/aromatic N) is 1. The molecular formula is C4H10N2O2S. The van der Waals surface area contributed by atoms with E-state index in [2.05, 4.69) is 12.8 Å². The fraction of sp³-hybridized carbons (Fsp3) is 0.750. The van der Waals surface area contributed by atoms with Gasteiger partial charge in [-0.3, -0.25) is 4.31 Å². The number of nitrogens with two attached hydrogens (primary N) is 1. The number of carbonyl (C=O) groups excluding carboxylic acids is 1. The van der Waals surface area contributed by atoms with Crippen LogP contribution in [-0.4, -0.2) is 28.6 Å². The SMILES string of the molecule is NC(=O)N(S)CCCO. The number of primary amides is 1. The van der Waals surface area contributed by atoms with Crippen molar-refractivity contribution in [3.8, 4) is 0 Å². The second-order valence-electron chi connectivity index (χ2n) is 1.54. The Labute approximate surface area is 59.2 Å². The van der Waals surface area contributed by atoms with Gasteiger partial charge in [0.2, 0.25) is 0 Å². The zero-order valence-corrected chi connectivity index (χ0v) is 5.84. The van der Waals surface area contributed by atoms with Crippen LogP contribution in [0.3, 0.4) is 0 Å². The first kappa shape index (κ1) is 8.58. The molecule has 54 valence electrons. The van der Waals surface area contributed by atoms with Gasteiger partial charge < -0.3 is 10.8 Å². The summed E-state index contributed by atoms with van der Waals surface area (Å²) in [6.07, 6.45) is 0.506. The standard InChI is InChI=1S/C4H10N2O2S/c5-4(8)6(9)2-1-3-7/h7,9H,1-3H2,(H2,5,8). The van der Waals surface area contributed by atoms with Crippen LogP contribution in [0.1, 0.15) is 6.42 Å². The van der Waals surface area contributed by atoms with Crippen LogP contribution in [0.25, 0.3) is 0 Å². The Kier molecular flexibility index (Phi) is 4.25. The molecule has 0 spiro atoms. The molecule has 4 nitrogen and oxygen atoms in total. The van der Waals surface area contributed by atoms with Crippen molar-refractivity contribution in [1.82, 2.24) is 4.31 Å². The first-order chi connectivity index (χ1) is 4.18. The molecule has 0 rings (SSSR count). The zero-order valence-electron chi connectivity index (χ0n) is 4.95. The molecule has 0 aliphatic carbocycles. The predicted octanol–water partition coefficient (Wildman–Crippen LogP) is -0.406. The van der Waals surface area contributed by atoms with E-state index in [9.17, 15) is 4.79 Å². The normalized spacial score (nSPS) is 9.11. The molecule has 9 heavy (non-hydrogen) atoms. The number of aliphatic hydroxyl groups is 1. The number of carbonyl (C=O) groups is 1. The summed E-state index contributed by atoms with van der Waals surface area (Å²) in [7, 11) is 0. The molecule has 0 heterocycles. The highest BCUT2D eigenvalue weighted by molar-refractivity contribution is 7.78. The number of amides is 2. The topological polar surface area (TPSA) is 66.6 Å². The number of thiol groups is 1. The molecule has 3 N–H and O–H groups in total. The molecule has 0 aromatic rings. The number of hydrogen-bond donors (Lipinski definition) is 3. The van der Waals surface area contributed by atoms with Crippen molar-refractivity contribution in [2.75, 3.05) is 13.2 Å². The average Bonchev–Trinajstić information content (AvgIpc) is 1.82. The van der Waals surface area contributed by atoms with E-state index in [0.717, 1.165) is 4.31 Å². The van der Waals surface area contributed by atoms with Crippen molar-refractivity contribution in [2.45, 2.75) is 6.42 Å². The van der Waals surface area contributed by atoms with Crippen molar-refractivity contribution < 1.29 is 9.90 Å².